The third-order valence-electron chi connectivity index (χ3n) is 3.47. The third-order valence-corrected chi connectivity index (χ3v) is 5.17. The van der Waals surface area contributed by atoms with E-state index in [4.69, 9.17) is 11.6 Å². The Morgan fingerprint density at radius 2 is 1.83 bits per heavy atom. The predicted molar refractivity (Wildman–Crippen MR) is 85.3 cm³/mol. The van der Waals surface area contributed by atoms with Gasteiger partial charge in [0.05, 0.1) is 0 Å². The second kappa shape index (κ2) is 4.40. The van der Waals surface area contributed by atoms with Crippen molar-refractivity contribution >= 4 is 39.1 Å². The molecule has 0 radical (unpaired) electrons. The largest absolute Gasteiger partial charge is 0.132 e. The van der Waals surface area contributed by atoms with Crippen LogP contribution in [-0.2, 0) is 11.0 Å². The molecule has 88 valence electrons. The molecule has 0 saturated carbocycles. The second-order valence-electron chi connectivity index (χ2n) is 5.16. The van der Waals surface area contributed by atoms with Crippen LogP contribution >= 0.6 is 23.4 Å². The maximum atomic E-state index is 6.40. The number of benzene rings is 2. The Kier molecular flexibility index (Phi) is 2.99. The first-order chi connectivity index (χ1) is 8.58. The maximum Gasteiger partial charge on any atom is 0.118 e. The summed E-state index contributed by atoms with van der Waals surface area (Å²) < 4.78 is 0.0623. The van der Waals surface area contributed by atoms with Crippen LogP contribution in [0.4, 0.5) is 0 Å². The molecule has 0 unspecified atom stereocenters. The average molecular weight is 270 g/mol. The van der Waals surface area contributed by atoms with E-state index >= 15 is 0 Å². The fourth-order valence-corrected chi connectivity index (χ4v) is 4.08. The summed E-state index contributed by atoms with van der Waals surface area (Å²) in [6, 6.07) is 14.9. The Bertz CT molecular complexity index is 610. The summed E-state index contributed by atoms with van der Waals surface area (Å²) in [7, 11) is 4.55. The van der Waals surface area contributed by atoms with E-state index in [1.54, 1.807) is 0 Å². The van der Waals surface area contributed by atoms with Crippen molar-refractivity contribution in [3.05, 3.63) is 64.2 Å². The molecule has 0 bridgehead atoms. The molecule has 2 aromatic rings. The van der Waals surface area contributed by atoms with Crippen LogP contribution in [-0.4, -0.2) is 15.7 Å². The quantitative estimate of drug-likeness (QED) is 0.663. The first-order valence-electron chi connectivity index (χ1n) is 6.13. The van der Waals surface area contributed by atoms with Crippen molar-refractivity contribution in [2.75, 3.05) is 0 Å². The number of fused-ring (bicyclic) bond motifs is 2. The Morgan fingerprint density at radius 3 is 2.67 bits per heavy atom. The molecule has 1 aliphatic rings. The van der Waals surface area contributed by atoms with E-state index in [1.807, 2.05) is 17.8 Å². The highest BCUT2D eigenvalue weighted by atomic mass is 35.5. The van der Waals surface area contributed by atoms with Crippen molar-refractivity contribution < 1.29 is 0 Å². The van der Waals surface area contributed by atoms with Crippen molar-refractivity contribution in [3.8, 4) is 0 Å². The molecule has 0 atom stereocenters. The lowest BCUT2D eigenvalue weighted by Gasteiger charge is -2.25. The molecule has 2 aromatic carbocycles. The molecular formula is C14H13B2ClS. The molecular weight excluding hydrogens is 257 g/mol. The highest BCUT2D eigenvalue weighted by Gasteiger charge is 2.29. The van der Waals surface area contributed by atoms with Gasteiger partial charge in [-0.05, 0) is 33.4 Å². The first-order valence-corrected chi connectivity index (χ1v) is 7.32. The summed E-state index contributed by atoms with van der Waals surface area (Å²) in [6.45, 7) is 0. The minimum atomic E-state index is 0.0623. The molecule has 0 spiro atoms. The van der Waals surface area contributed by atoms with Crippen LogP contribution in [0.3, 0.4) is 0 Å². The summed E-state index contributed by atoms with van der Waals surface area (Å²) in [5, 5.41) is 0.887. The van der Waals surface area contributed by atoms with Gasteiger partial charge in [-0.25, -0.2) is 0 Å². The molecule has 0 N–H and O–H groups in total. The van der Waals surface area contributed by atoms with Crippen LogP contribution in [0.5, 0.6) is 0 Å². The van der Waals surface area contributed by atoms with Crippen molar-refractivity contribution in [1.29, 1.82) is 0 Å². The van der Waals surface area contributed by atoms with Gasteiger partial charge in [-0.2, -0.15) is 0 Å². The Balaban J connectivity index is 2.25. The monoisotopic (exact) mass is 270 g/mol. The van der Waals surface area contributed by atoms with E-state index in [0.29, 0.717) is 0 Å². The topological polar surface area (TPSA) is 0 Å². The summed E-state index contributed by atoms with van der Waals surface area (Å²) >= 11 is 8.33. The fourth-order valence-electron chi connectivity index (χ4n) is 2.57. The minimum absolute atomic E-state index is 0.0623. The fraction of sp³-hybridized carbons (Fsp3) is 0.143. The second-order valence-corrected chi connectivity index (χ2v) is 7.23. The van der Waals surface area contributed by atoms with Crippen LogP contribution in [0.2, 0.25) is 5.02 Å². The van der Waals surface area contributed by atoms with E-state index in [9.17, 15) is 0 Å². The Labute approximate surface area is 119 Å². The molecule has 4 heteroatoms. The smallest absolute Gasteiger partial charge is 0.118 e. The molecule has 18 heavy (non-hydrogen) atoms. The van der Waals surface area contributed by atoms with Crippen LogP contribution in [0.15, 0.2) is 47.4 Å². The zero-order valence-corrected chi connectivity index (χ0v) is 12.1. The van der Waals surface area contributed by atoms with Crippen LogP contribution in [0.1, 0.15) is 16.7 Å². The van der Waals surface area contributed by atoms with Crippen molar-refractivity contribution in [2.24, 2.45) is 0 Å². The van der Waals surface area contributed by atoms with Crippen LogP contribution in [0.25, 0.3) is 0 Å². The van der Waals surface area contributed by atoms with Crippen LogP contribution in [0, 0.1) is 0 Å². The van der Waals surface area contributed by atoms with Gasteiger partial charge in [0.2, 0.25) is 0 Å². The van der Waals surface area contributed by atoms with Gasteiger partial charge in [0.1, 0.15) is 15.7 Å². The summed E-state index contributed by atoms with van der Waals surface area (Å²) in [5.41, 5.74) is 4.01. The molecule has 1 heterocycles. The lowest BCUT2D eigenvalue weighted by molar-refractivity contribution is 1.10. The number of hydrogen-bond acceptors (Lipinski definition) is 1. The molecule has 0 amide bonds. The molecule has 1 aliphatic heterocycles. The van der Waals surface area contributed by atoms with Crippen molar-refractivity contribution in [1.82, 2.24) is 0 Å². The third kappa shape index (κ3) is 2.00. The zero-order chi connectivity index (χ0) is 12.8. The minimum Gasteiger partial charge on any atom is -0.132 e. The van der Waals surface area contributed by atoms with E-state index in [-0.39, 0.29) is 4.55 Å². The number of hydrogen-bond donors (Lipinski definition) is 0. The Hall–Kier alpha value is -0.790. The van der Waals surface area contributed by atoms with Gasteiger partial charge in [0.25, 0.3) is 0 Å². The molecule has 0 aliphatic carbocycles. The molecule has 0 nitrogen and oxygen atoms in total. The van der Waals surface area contributed by atoms with Gasteiger partial charge >= 0.3 is 0 Å². The van der Waals surface area contributed by atoms with Gasteiger partial charge in [-0.3, -0.25) is 0 Å². The van der Waals surface area contributed by atoms with E-state index in [1.165, 1.54) is 21.6 Å². The van der Waals surface area contributed by atoms with Gasteiger partial charge in [-0.15, -0.1) is 11.8 Å². The summed E-state index contributed by atoms with van der Waals surface area (Å²) in [4.78, 5) is 1.37. The van der Waals surface area contributed by atoms with Crippen molar-refractivity contribution in [3.63, 3.8) is 0 Å². The van der Waals surface area contributed by atoms with Crippen LogP contribution < -0.4 is 0 Å². The average Bonchev–Trinajstić information content (AvgIpc) is 2.44. The lowest BCUT2D eigenvalue weighted by Crippen LogP contribution is -2.23. The highest BCUT2D eigenvalue weighted by molar-refractivity contribution is 8.02. The zero-order valence-electron chi connectivity index (χ0n) is 10.5. The van der Waals surface area contributed by atoms with E-state index in [2.05, 4.69) is 52.1 Å². The normalized spacial score (nSPS) is 16.5. The first kappa shape index (κ1) is 12.3. The highest BCUT2D eigenvalue weighted by Crippen LogP contribution is 2.44. The van der Waals surface area contributed by atoms with Gasteiger partial charge in [0, 0.05) is 16.3 Å². The number of rotatable bonds is 0. The van der Waals surface area contributed by atoms with E-state index < -0.39 is 0 Å². The summed E-state index contributed by atoms with van der Waals surface area (Å²) in [5.74, 6) is 0. The van der Waals surface area contributed by atoms with Gasteiger partial charge in [0.15, 0.2) is 0 Å². The molecule has 0 aromatic heterocycles. The SMILES string of the molecule is BC1(B)Sc2ccccc2Cc2c(Cl)cccc21. The maximum absolute atomic E-state index is 6.40. The number of halogens is 1. The lowest BCUT2D eigenvalue weighted by atomic mass is 9.64. The predicted octanol–water partition coefficient (Wildman–Crippen LogP) is 2.41. The standard InChI is InChI=1S/C14H13B2ClS/c15-14(16)11-5-3-6-12(17)10(11)8-9-4-1-2-7-13(9)18-14/h1-7H,8,15-16H2. The summed E-state index contributed by atoms with van der Waals surface area (Å²) in [6.07, 6.45) is 0.932. The van der Waals surface area contributed by atoms with Gasteiger partial charge < -0.3 is 0 Å². The molecule has 3 rings (SSSR count). The van der Waals surface area contributed by atoms with E-state index in [0.717, 1.165) is 11.4 Å². The van der Waals surface area contributed by atoms with Crippen molar-refractivity contribution in [2.45, 2.75) is 15.9 Å². The number of thioether (sulfide) groups is 1. The molecule has 0 saturated heterocycles. The Morgan fingerprint density at radius 1 is 1.06 bits per heavy atom. The molecule has 0 fully saturated rings. The van der Waals surface area contributed by atoms with Gasteiger partial charge in [-0.1, -0.05) is 41.9 Å².